The van der Waals surface area contributed by atoms with Crippen molar-refractivity contribution in [2.75, 3.05) is 11.9 Å². The maximum Gasteiger partial charge on any atom is 0.293 e. The SMILES string of the molecule is Cc1ncoc1C(=O)Nc1ccc(C#CCO)c(F)c1. The lowest BCUT2D eigenvalue weighted by Crippen LogP contribution is -2.12. The molecule has 1 amide bonds. The Morgan fingerprint density at radius 3 is 2.95 bits per heavy atom. The molecule has 102 valence electrons. The molecule has 0 aliphatic heterocycles. The van der Waals surface area contributed by atoms with E-state index < -0.39 is 11.7 Å². The molecule has 0 unspecified atom stereocenters. The minimum absolute atomic E-state index is 0.0783. The molecule has 0 saturated carbocycles. The number of aryl methyl sites for hydroxylation is 1. The van der Waals surface area contributed by atoms with Crippen LogP contribution in [0, 0.1) is 24.6 Å². The van der Waals surface area contributed by atoms with Crippen LogP contribution in [0.1, 0.15) is 21.8 Å². The third kappa shape index (κ3) is 3.02. The molecule has 2 N–H and O–H groups in total. The Kier molecular flexibility index (Phi) is 4.13. The number of aromatic nitrogens is 1. The number of amides is 1. The molecule has 6 heteroatoms. The van der Waals surface area contributed by atoms with Crippen molar-refractivity contribution in [3.05, 3.63) is 47.4 Å². The summed E-state index contributed by atoms with van der Waals surface area (Å²) in [7, 11) is 0. The molecule has 2 rings (SSSR count). The summed E-state index contributed by atoms with van der Waals surface area (Å²) in [5.41, 5.74) is 0.874. The van der Waals surface area contributed by atoms with E-state index in [0.717, 1.165) is 6.07 Å². The fourth-order valence-electron chi connectivity index (χ4n) is 1.54. The summed E-state index contributed by atoms with van der Waals surface area (Å²) in [5, 5.41) is 11.1. The number of aliphatic hydroxyl groups is 1. The second-order valence-corrected chi connectivity index (χ2v) is 3.88. The average Bonchev–Trinajstić information content (AvgIpc) is 2.84. The lowest BCUT2D eigenvalue weighted by molar-refractivity contribution is 0.0996. The minimum atomic E-state index is -0.585. The number of nitrogens with one attached hydrogen (secondary N) is 1. The number of hydrogen-bond acceptors (Lipinski definition) is 4. The molecular formula is C14H11FN2O3. The highest BCUT2D eigenvalue weighted by atomic mass is 19.1. The largest absolute Gasteiger partial charge is 0.438 e. The molecule has 1 heterocycles. The third-order valence-electron chi connectivity index (χ3n) is 2.48. The Hall–Kier alpha value is -2.65. The molecule has 1 aromatic heterocycles. The van der Waals surface area contributed by atoms with Crippen LogP contribution in [-0.2, 0) is 0 Å². The number of aliphatic hydroxyl groups excluding tert-OH is 1. The van der Waals surface area contributed by atoms with E-state index >= 15 is 0 Å². The molecule has 1 aromatic carbocycles. The zero-order chi connectivity index (χ0) is 14.5. The quantitative estimate of drug-likeness (QED) is 0.818. The maximum absolute atomic E-state index is 13.7. The van der Waals surface area contributed by atoms with Crippen LogP contribution in [0.2, 0.25) is 0 Å². The van der Waals surface area contributed by atoms with Gasteiger partial charge < -0.3 is 14.8 Å². The molecule has 0 saturated heterocycles. The molecule has 0 atom stereocenters. The second-order valence-electron chi connectivity index (χ2n) is 3.88. The van der Waals surface area contributed by atoms with Gasteiger partial charge in [-0.05, 0) is 25.1 Å². The van der Waals surface area contributed by atoms with Crippen LogP contribution >= 0.6 is 0 Å². The van der Waals surface area contributed by atoms with E-state index in [9.17, 15) is 9.18 Å². The number of halogens is 1. The average molecular weight is 274 g/mol. The first kappa shape index (κ1) is 13.8. The third-order valence-corrected chi connectivity index (χ3v) is 2.48. The van der Waals surface area contributed by atoms with Gasteiger partial charge in [-0.25, -0.2) is 9.37 Å². The van der Waals surface area contributed by atoms with E-state index in [4.69, 9.17) is 9.52 Å². The summed E-state index contributed by atoms with van der Waals surface area (Å²) in [6.45, 7) is 1.29. The van der Waals surface area contributed by atoms with Crippen LogP contribution in [0.25, 0.3) is 0 Å². The van der Waals surface area contributed by atoms with Gasteiger partial charge in [-0.3, -0.25) is 4.79 Å². The van der Waals surface area contributed by atoms with Gasteiger partial charge in [0.05, 0.1) is 11.3 Å². The molecule has 0 aliphatic carbocycles. The Balaban J connectivity index is 2.17. The summed E-state index contributed by atoms with van der Waals surface area (Å²) >= 11 is 0. The summed E-state index contributed by atoms with van der Waals surface area (Å²) < 4.78 is 18.6. The fourth-order valence-corrected chi connectivity index (χ4v) is 1.54. The van der Waals surface area contributed by atoms with Crippen molar-refractivity contribution in [3.63, 3.8) is 0 Å². The van der Waals surface area contributed by atoms with E-state index in [1.54, 1.807) is 6.92 Å². The smallest absolute Gasteiger partial charge is 0.293 e. The highest BCUT2D eigenvalue weighted by Crippen LogP contribution is 2.15. The van der Waals surface area contributed by atoms with Crippen LogP contribution < -0.4 is 5.32 Å². The molecule has 20 heavy (non-hydrogen) atoms. The van der Waals surface area contributed by atoms with Gasteiger partial charge in [-0.2, -0.15) is 0 Å². The number of rotatable bonds is 2. The van der Waals surface area contributed by atoms with Crippen LogP contribution in [0.5, 0.6) is 0 Å². The lowest BCUT2D eigenvalue weighted by Gasteiger charge is -2.04. The van der Waals surface area contributed by atoms with Gasteiger partial charge in [0.25, 0.3) is 5.91 Å². The molecule has 0 radical (unpaired) electrons. The number of anilines is 1. The van der Waals surface area contributed by atoms with Gasteiger partial charge in [0.1, 0.15) is 12.4 Å². The number of benzene rings is 1. The van der Waals surface area contributed by atoms with Crippen molar-refractivity contribution >= 4 is 11.6 Å². The molecule has 5 nitrogen and oxygen atoms in total. The summed E-state index contributed by atoms with van der Waals surface area (Å²) in [6.07, 6.45) is 1.17. The van der Waals surface area contributed by atoms with Crippen molar-refractivity contribution in [1.29, 1.82) is 0 Å². The Morgan fingerprint density at radius 1 is 1.55 bits per heavy atom. The monoisotopic (exact) mass is 274 g/mol. The first-order valence-corrected chi connectivity index (χ1v) is 5.72. The molecule has 0 spiro atoms. The minimum Gasteiger partial charge on any atom is -0.438 e. The van der Waals surface area contributed by atoms with Crippen molar-refractivity contribution in [1.82, 2.24) is 4.98 Å². The molecule has 0 fully saturated rings. The van der Waals surface area contributed by atoms with Gasteiger partial charge in [0.15, 0.2) is 6.39 Å². The molecule has 0 bridgehead atoms. The first-order valence-electron chi connectivity index (χ1n) is 5.72. The molecule has 0 aliphatic rings. The van der Waals surface area contributed by atoms with Crippen molar-refractivity contribution < 1.29 is 18.7 Å². The predicted octanol–water partition coefficient (Wildman–Crippen LogP) is 1.72. The van der Waals surface area contributed by atoms with Gasteiger partial charge in [0, 0.05) is 5.69 Å². The topological polar surface area (TPSA) is 75.4 Å². The van der Waals surface area contributed by atoms with E-state index in [1.165, 1.54) is 18.5 Å². The van der Waals surface area contributed by atoms with Crippen LogP contribution in [0.15, 0.2) is 29.0 Å². The molecule has 2 aromatic rings. The summed E-state index contributed by atoms with van der Waals surface area (Å²) in [4.78, 5) is 15.6. The summed E-state index contributed by atoms with van der Waals surface area (Å²) in [6, 6.07) is 4.07. The van der Waals surface area contributed by atoms with Crippen molar-refractivity contribution in [2.24, 2.45) is 0 Å². The first-order chi connectivity index (χ1) is 9.61. The van der Waals surface area contributed by atoms with Crippen LogP contribution in [-0.4, -0.2) is 22.6 Å². The highest BCUT2D eigenvalue weighted by molar-refractivity contribution is 6.02. The number of nitrogens with zero attached hydrogens (tertiary/aromatic N) is 1. The number of hydrogen-bond donors (Lipinski definition) is 2. The van der Waals surface area contributed by atoms with Crippen LogP contribution in [0.4, 0.5) is 10.1 Å². The maximum atomic E-state index is 13.7. The van der Waals surface area contributed by atoms with Gasteiger partial charge in [0.2, 0.25) is 5.76 Å². The zero-order valence-electron chi connectivity index (χ0n) is 10.6. The Morgan fingerprint density at radius 2 is 2.35 bits per heavy atom. The van der Waals surface area contributed by atoms with E-state index in [2.05, 4.69) is 22.1 Å². The second kappa shape index (κ2) is 5.99. The van der Waals surface area contributed by atoms with E-state index in [0.29, 0.717) is 5.69 Å². The predicted molar refractivity (Wildman–Crippen MR) is 69.6 cm³/mol. The number of carbonyl (C=O) groups excluding carboxylic acids is 1. The lowest BCUT2D eigenvalue weighted by atomic mass is 10.2. The number of oxazole rings is 1. The zero-order valence-corrected chi connectivity index (χ0v) is 10.6. The summed E-state index contributed by atoms with van der Waals surface area (Å²) in [5.74, 6) is 3.80. The Bertz CT molecular complexity index is 698. The normalized spacial score (nSPS) is 9.75. The van der Waals surface area contributed by atoms with Crippen LogP contribution in [0.3, 0.4) is 0 Å². The van der Waals surface area contributed by atoms with Crippen molar-refractivity contribution in [3.8, 4) is 11.8 Å². The highest BCUT2D eigenvalue weighted by Gasteiger charge is 2.14. The van der Waals surface area contributed by atoms with Crippen molar-refractivity contribution in [2.45, 2.75) is 6.92 Å². The molecular weight excluding hydrogens is 263 g/mol. The fraction of sp³-hybridized carbons (Fsp3) is 0.143. The van der Waals surface area contributed by atoms with E-state index in [1.807, 2.05) is 0 Å². The number of carbonyl (C=O) groups is 1. The van der Waals surface area contributed by atoms with E-state index in [-0.39, 0.29) is 23.6 Å². The van der Waals surface area contributed by atoms with Gasteiger partial charge >= 0.3 is 0 Å². The van der Waals surface area contributed by atoms with Gasteiger partial charge in [-0.15, -0.1) is 0 Å². The Labute approximate surface area is 114 Å². The standard InChI is InChI=1S/C14H11FN2O3/c1-9-13(20-8-16-9)14(19)17-11-5-4-10(3-2-6-18)12(15)7-11/h4-5,7-8,18H,6H2,1H3,(H,17,19). The van der Waals surface area contributed by atoms with Gasteiger partial charge in [-0.1, -0.05) is 11.8 Å².